The molecule has 1 fully saturated rings. The maximum atomic E-state index is 12.4. The highest BCUT2D eigenvalue weighted by Crippen LogP contribution is 2.35. The molecule has 1 aliphatic rings. The zero-order valence-electron chi connectivity index (χ0n) is 13.0. The van der Waals surface area contributed by atoms with Crippen LogP contribution in [0, 0.1) is 0 Å². The largest absolute Gasteiger partial charge is 0.316 e. The van der Waals surface area contributed by atoms with Crippen LogP contribution in [0.3, 0.4) is 0 Å². The van der Waals surface area contributed by atoms with Gasteiger partial charge < -0.3 is 10.2 Å². The van der Waals surface area contributed by atoms with Crippen LogP contribution in [0.4, 0.5) is 0 Å². The SMILES string of the molecule is CNCc1ccc(S(=O)(=O)NCC2(N(C)C)CCC2)cc1. The topological polar surface area (TPSA) is 61.4 Å². The lowest BCUT2D eigenvalue weighted by atomic mass is 9.76. The van der Waals surface area contributed by atoms with Crippen LogP contribution in [0.2, 0.25) is 0 Å². The summed E-state index contributed by atoms with van der Waals surface area (Å²) in [4.78, 5) is 2.46. The molecule has 0 saturated heterocycles. The molecule has 0 atom stereocenters. The number of nitrogens with zero attached hydrogens (tertiary/aromatic N) is 1. The average Bonchev–Trinajstić information content (AvgIpc) is 2.38. The molecule has 6 heteroatoms. The van der Waals surface area contributed by atoms with Crippen molar-refractivity contribution in [1.82, 2.24) is 14.9 Å². The number of hydrogen-bond donors (Lipinski definition) is 2. The number of hydrogen-bond acceptors (Lipinski definition) is 4. The Bertz CT molecular complexity index is 563. The highest BCUT2D eigenvalue weighted by atomic mass is 32.2. The van der Waals surface area contributed by atoms with Gasteiger partial charge in [-0.25, -0.2) is 13.1 Å². The van der Waals surface area contributed by atoms with Gasteiger partial charge in [0.25, 0.3) is 0 Å². The molecule has 0 heterocycles. The Labute approximate surface area is 127 Å². The molecule has 2 N–H and O–H groups in total. The Balaban J connectivity index is 2.04. The van der Waals surface area contributed by atoms with Crippen molar-refractivity contribution in [2.24, 2.45) is 0 Å². The summed E-state index contributed by atoms with van der Waals surface area (Å²) < 4.78 is 27.5. The molecule has 0 aromatic heterocycles. The lowest BCUT2D eigenvalue weighted by molar-refractivity contribution is 0.0657. The van der Waals surface area contributed by atoms with Crippen molar-refractivity contribution in [1.29, 1.82) is 0 Å². The van der Waals surface area contributed by atoms with E-state index in [2.05, 4.69) is 14.9 Å². The Morgan fingerprint density at radius 2 is 1.81 bits per heavy atom. The lowest BCUT2D eigenvalue weighted by Crippen LogP contribution is -2.57. The van der Waals surface area contributed by atoms with E-state index in [1.165, 1.54) is 6.42 Å². The van der Waals surface area contributed by atoms with Gasteiger partial charge in [-0.05, 0) is 58.1 Å². The zero-order chi connectivity index (χ0) is 15.5. The molecule has 5 nitrogen and oxygen atoms in total. The first-order valence-corrected chi connectivity index (χ1v) is 8.79. The first kappa shape index (κ1) is 16.4. The molecule has 2 rings (SSSR count). The number of nitrogens with one attached hydrogen (secondary N) is 2. The van der Waals surface area contributed by atoms with Gasteiger partial charge in [0.1, 0.15) is 0 Å². The minimum absolute atomic E-state index is 0.0147. The van der Waals surface area contributed by atoms with Crippen molar-refractivity contribution in [3.63, 3.8) is 0 Å². The summed E-state index contributed by atoms with van der Waals surface area (Å²) in [6.45, 7) is 1.21. The van der Waals surface area contributed by atoms with Gasteiger partial charge in [0.2, 0.25) is 10.0 Å². The van der Waals surface area contributed by atoms with E-state index in [1.807, 2.05) is 33.3 Å². The summed E-state index contributed by atoms with van der Waals surface area (Å²) >= 11 is 0. The fourth-order valence-electron chi connectivity index (χ4n) is 2.67. The van der Waals surface area contributed by atoms with Crippen molar-refractivity contribution >= 4 is 10.0 Å². The van der Waals surface area contributed by atoms with Crippen LogP contribution in [0.25, 0.3) is 0 Å². The van der Waals surface area contributed by atoms with Crippen molar-refractivity contribution in [3.05, 3.63) is 29.8 Å². The van der Waals surface area contributed by atoms with Crippen molar-refractivity contribution in [3.8, 4) is 0 Å². The number of benzene rings is 1. The van der Waals surface area contributed by atoms with E-state index in [0.29, 0.717) is 11.4 Å². The van der Waals surface area contributed by atoms with Gasteiger partial charge in [-0.2, -0.15) is 0 Å². The number of likely N-dealkylation sites (N-methyl/N-ethyl adjacent to an activating group) is 1. The molecule has 1 aromatic rings. The van der Waals surface area contributed by atoms with Gasteiger partial charge in [-0.1, -0.05) is 12.1 Å². The van der Waals surface area contributed by atoms with Gasteiger partial charge in [0.05, 0.1) is 4.90 Å². The molecule has 0 unspecified atom stereocenters. The highest BCUT2D eigenvalue weighted by Gasteiger charge is 2.39. The van der Waals surface area contributed by atoms with Crippen LogP contribution in [0.5, 0.6) is 0 Å². The fraction of sp³-hybridized carbons (Fsp3) is 0.600. The molecule has 21 heavy (non-hydrogen) atoms. The third kappa shape index (κ3) is 3.63. The Morgan fingerprint density at radius 1 is 1.19 bits per heavy atom. The van der Waals surface area contributed by atoms with Crippen LogP contribution < -0.4 is 10.0 Å². The monoisotopic (exact) mass is 311 g/mol. The Morgan fingerprint density at radius 3 is 2.24 bits per heavy atom. The summed E-state index contributed by atoms with van der Waals surface area (Å²) in [6, 6.07) is 7.02. The molecule has 0 bridgehead atoms. The van der Waals surface area contributed by atoms with E-state index in [1.54, 1.807) is 12.1 Å². The van der Waals surface area contributed by atoms with Gasteiger partial charge in [0, 0.05) is 18.6 Å². The molecule has 0 spiro atoms. The van der Waals surface area contributed by atoms with Crippen LogP contribution >= 0.6 is 0 Å². The van der Waals surface area contributed by atoms with E-state index in [9.17, 15) is 8.42 Å². The minimum Gasteiger partial charge on any atom is -0.316 e. The highest BCUT2D eigenvalue weighted by molar-refractivity contribution is 7.89. The molecular formula is C15H25N3O2S. The average molecular weight is 311 g/mol. The summed E-state index contributed by atoms with van der Waals surface area (Å²) in [6.07, 6.45) is 3.26. The third-order valence-corrected chi connectivity index (χ3v) is 5.86. The second-order valence-corrected chi connectivity index (χ2v) is 7.74. The second-order valence-electron chi connectivity index (χ2n) is 5.97. The maximum Gasteiger partial charge on any atom is 0.240 e. The van der Waals surface area contributed by atoms with E-state index in [0.717, 1.165) is 24.9 Å². The van der Waals surface area contributed by atoms with E-state index >= 15 is 0 Å². The molecule has 0 aliphatic heterocycles. The number of rotatable bonds is 7. The lowest BCUT2D eigenvalue weighted by Gasteiger charge is -2.47. The summed E-state index contributed by atoms with van der Waals surface area (Å²) in [5.74, 6) is 0. The Kier molecular flexibility index (Phi) is 5.03. The first-order valence-electron chi connectivity index (χ1n) is 7.30. The molecular weight excluding hydrogens is 286 g/mol. The van der Waals surface area contributed by atoms with E-state index < -0.39 is 10.0 Å². The van der Waals surface area contributed by atoms with E-state index in [-0.39, 0.29) is 5.54 Å². The predicted octanol–water partition coefficient (Wildman–Crippen LogP) is 1.17. The summed E-state index contributed by atoms with van der Waals surface area (Å²) in [7, 11) is 2.46. The van der Waals surface area contributed by atoms with Crippen molar-refractivity contribution in [2.75, 3.05) is 27.7 Å². The molecule has 1 saturated carbocycles. The van der Waals surface area contributed by atoms with E-state index in [4.69, 9.17) is 0 Å². The molecule has 1 aliphatic carbocycles. The van der Waals surface area contributed by atoms with Crippen LogP contribution in [0.15, 0.2) is 29.2 Å². The standard InChI is InChI=1S/C15H25N3O2S/c1-16-11-13-5-7-14(8-6-13)21(19,20)17-12-15(18(2)3)9-4-10-15/h5-8,16-17H,4,9-12H2,1-3H3. The van der Waals surface area contributed by atoms with Crippen LogP contribution in [-0.4, -0.2) is 46.5 Å². The van der Waals surface area contributed by atoms with Gasteiger partial charge >= 0.3 is 0 Å². The van der Waals surface area contributed by atoms with Crippen LogP contribution in [-0.2, 0) is 16.6 Å². The maximum absolute atomic E-state index is 12.4. The van der Waals surface area contributed by atoms with Crippen LogP contribution in [0.1, 0.15) is 24.8 Å². The summed E-state index contributed by atoms with van der Waals surface area (Å²) in [5, 5.41) is 3.04. The Hall–Kier alpha value is -0.950. The predicted molar refractivity (Wildman–Crippen MR) is 84.7 cm³/mol. The molecule has 118 valence electrons. The normalized spacial score (nSPS) is 17.7. The molecule has 1 aromatic carbocycles. The summed E-state index contributed by atoms with van der Waals surface area (Å²) in [5.41, 5.74) is 1.05. The first-order chi connectivity index (χ1) is 9.89. The van der Waals surface area contributed by atoms with Crippen molar-refractivity contribution in [2.45, 2.75) is 36.2 Å². The van der Waals surface area contributed by atoms with Gasteiger partial charge in [0.15, 0.2) is 0 Å². The third-order valence-electron chi connectivity index (χ3n) is 4.44. The molecule has 0 amide bonds. The second kappa shape index (κ2) is 6.44. The number of sulfonamides is 1. The molecule has 0 radical (unpaired) electrons. The zero-order valence-corrected chi connectivity index (χ0v) is 13.8. The smallest absolute Gasteiger partial charge is 0.240 e. The minimum atomic E-state index is -3.43. The van der Waals surface area contributed by atoms with Crippen molar-refractivity contribution < 1.29 is 8.42 Å². The fourth-order valence-corrected chi connectivity index (χ4v) is 3.79. The quantitative estimate of drug-likeness (QED) is 0.793. The van der Waals surface area contributed by atoms with Gasteiger partial charge in [-0.15, -0.1) is 0 Å². The van der Waals surface area contributed by atoms with Gasteiger partial charge in [-0.3, -0.25) is 0 Å².